The molecule has 27 heavy (non-hydrogen) atoms. The summed E-state index contributed by atoms with van der Waals surface area (Å²) in [6.07, 6.45) is 1.74. The van der Waals surface area contributed by atoms with Crippen LogP contribution in [-0.2, 0) is 14.8 Å². The molecule has 0 spiro atoms. The third kappa shape index (κ3) is 4.64. The lowest BCUT2D eigenvalue weighted by Gasteiger charge is -2.35. The Labute approximate surface area is 160 Å². The number of nitrogens with one attached hydrogen (secondary N) is 1. The highest BCUT2D eigenvalue weighted by molar-refractivity contribution is 7.89. The summed E-state index contributed by atoms with van der Waals surface area (Å²) in [5, 5.41) is 0. The molecule has 0 aliphatic carbocycles. The second-order valence-corrected chi connectivity index (χ2v) is 8.39. The third-order valence-corrected chi connectivity index (χ3v) is 6.21. The lowest BCUT2D eigenvalue weighted by atomic mass is 10.1. The summed E-state index contributed by atoms with van der Waals surface area (Å²) in [6, 6.07) is 10.7. The number of amides is 1. The first-order chi connectivity index (χ1) is 12.9. The Morgan fingerprint density at radius 2 is 1.81 bits per heavy atom. The van der Waals surface area contributed by atoms with Crippen molar-refractivity contribution in [2.75, 3.05) is 37.6 Å². The fourth-order valence-electron chi connectivity index (χ4n) is 2.96. The van der Waals surface area contributed by atoms with Crippen molar-refractivity contribution in [1.29, 1.82) is 0 Å². The summed E-state index contributed by atoms with van der Waals surface area (Å²) in [6.45, 7) is 5.98. The van der Waals surface area contributed by atoms with Crippen LogP contribution in [0.2, 0.25) is 0 Å². The lowest BCUT2D eigenvalue weighted by Crippen LogP contribution is -2.51. The first-order valence-corrected chi connectivity index (χ1v) is 10.4. The van der Waals surface area contributed by atoms with Gasteiger partial charge in [0.05, 0.1) is 11.4 Å². The number of aromatic nitrogens is 1. The standard InChI is InChI=1S/C19H24N4O3S/c1-15-6-7-17(13-16(15)2)27(25,26)21-14-19(24)23-11-9-22(10-12-23)18-5-3-4-8-20-18/h3-8,13,21H,9-12,14H2,1-2H3. The van der Waals surface area contributed by atoms with E-state index in [2.05, 4.69) is 14.6 Å². The molecule has 0 bridgehead atoms. The van der Waals surface area contributed by atoms with Crippen LogP contribution in [0.4, 0.5) is 5.82 Å². The summed E-state index contributed by atoms with van der Waals surface area (Å²) in [5.41, 5.74) is 1.92. The molecule has 0 radical (unpaired) electrons. The van der Waals surface area contributed by atoms with Gasteiger partial charge in [-0.05, 0) is 49.2 Å². The molecule has 8 heteroatoms. The summed E-state index contributed by atoms with van der Waals surface area (Å²) in [4.78, 5) is 20.7. The molecule has 3 rings (SSSR count). The highest BCUT2D eigenvalue weighted by atomic mass is 32.2. The molecule has 1 amide bonds. The molecule has 1 aliphatic heterocycles. The number of nitrogens with zero attached hydrogens (tertiary/aromatic N) is 3. The van der Waals surface area contributed by atoms with Crippen molar-refractivity contribution in [2.45, 2.75) is 18.7 Å². The molecule has 1 N–H and O–H groups in total. The largest absolute Gasteiger partial charge is 0.353 e. The molecule has 1 saturated heterocycles. The molecule has 0 saturated carbocycles. The van der Waals surface area contributed by atoms with Crippen molar-refractivity contribution in [1.82, 2.24) is 14.6 Å². The minimum absolute atomic E-state index is 0.179. The van der Waals surface area contributed by atoms with Crippen LogP contribution in [0.1, 0.15) is 11.1 Å². The van der Waals surface area contributed by atoms with Gasteiger partial charge in [-0.2, -0.15) is 0 Å². The van der Waals surface area contributed by atoms with Crippen molar-refractivity contribution in [3.05, 3.63) is 53.7 Å². The zero-order valence-corrected chi connectivity index (χ0v) is 16.4. The molecular formula is C19H24N4O3S. The first-order valence-electron chi connectivity index (χ1n) is 8.87. The van der Waals surface area contributed by atoms with E-state index in [1.54, 1.807) is 29.3 Å². The highest BCUT2D eigenvalue weighted by Gasteiger charge is 2.23. The van der Waals surface area contributed by atoms with Crippen LogP contribution in [0, 0.1) is 13.8 Å². The van der Waals surface area contributed by atoms with Crippen LogP contribution in [0.15, 0.2) is 47.5 Å². The van der Waals surface area contributed by atoms with E-state index in [1.807, 2.05) is 32.0 Å². The maximum atomic E-state index is 12.4. The van der Waals surface area contributed by atoms with Crippen LogP contribution in [0.25, 0.3) is 0 Å². The van der Waals surface area contributed by atoms with Crippen LogP contribution in [0.5, 0.6) is 0 Å². The van der Waals surface area contributed by atoms with Gasteiger partial charge in [0.25, 0.3) is 0 Å². The number of piperazine rings is 1. The second-order valence-electron chi connectivity index (χ2n) is 6.63. The second kappa shape index (κ2) is 8.06. The molecular weight excluding hydrogens is 364 g/mol. The Hall–Kier alpha value is -2.45. The van der Waals surface area contributed by atoms with Crippen LogP contribution >= 0.6 is 0 Å². The predicted octanol–water partition coefficient (Wildman–Crippen LogP) is 1.33. The zero-order chi connectivity index (χ0) is 19.4. The van der Waals surface area contributed by atoms with Crippen molar-refractivity contribution in [3.63, 3.8) is 0 Å². The number of carbonyl (C=O) groups excluding carboxylic acids is 1. The van der Waals surface area contributed by atoms with Crippen LogP contribution in [0.3, 0.4) is 0 Å². The summed E-state index contributed by atoms with van der Waals surface area (Å²) >= 11 is 0. The van der Waals surface area contributed by atoms with E-state index in [0.717, 1.165) is 16.9 Å². The Morgan fingerprint density at radius 1 is 1.07 bits per heavy atom. The summed E-state index contributed by atoms with van der Waals surface area (Å²) in [7, 11) is -3.70. The SMILES string of the molecule is Cc1ccc(S(=O)(=O)NCC(=O)N2CCN(c3ccccn3)CC2)cc1C. The normalized spacial score (nSPS) is 15.0. The van der Waals surface area contributed by atoms with Gasteiger partial charge in [-0.3, -0.25) is 4.79 Å². The molecule has 1 aliphatic rings. The third-order valence-electron chi connectivity index (χ3n) is 4.81. The van der Waals surface area contributed by atoms with E-state index in [9.17, 15) is 13.2 Å². The van der Waals surface area contributed by atoms with Gasteiger partial charge in [0.1, 0.15) is 5.82 Å². The van der Waals surface area contributed by atoms with Gasteiger partial charge in [0, 0.05) is 32.4 Å². The van der Waals surface area contributed by atoms with Crippen LogP contribution < -0.4 is 9.62 Å². The van der Waals surface area contributed by atoms with E-state index in [4.69, 9.17) is 0 Å². The van der Waals surface area contributed by atoms with E-state index < -0.39 is 10.0 Å². The van der Waals surface area contributed by atoms with Crippen molar-refractivity contribution in [3.8, 4) is 0 Å². The van der Waals surface area contributed by atoms with Crippen molar-refractivity contribution < 1.29 is 13.2 Å². The molecule has 144 valence electrons. The summed E-state index contributed by atoms with van der Waals surface area (Å²) in [5.74, 6) is 0.670. The molecule has 0 unspecified atom stereocenters. The average molecular weight is 388 g/mol. The van der Waals surface area contributed by atoms with Gasteiger partial charge in [-0.1, -0.05) is 12.1 Å². The predicted molar refractivity (Wildman–Crippen MR) is 104 cm³/mol. The number of benzene rings is 1. The first kappa shape index (κ1) is 19.3. The Bertz CT molecular complexity index is 908. The van der Waals surface area contributed by atoms with E-state index in [0.29, 0.717) is 26.2 Å². The number of pyridine rings is 1. The quantitative estimate of drug-likeness (QED) is 0.836. The smallest absolute Gasteiger partial charge is 0.241 e. The highest BCUT2D eigenvalue weighted by Crippen LogP contribution is 2.15. The van der Waals surface area contributed by atoms with Crippen molar-refractivity contribution >= 4 is 21.7 Å². The number of hydrogen-bond acceptors (Lipinski definition) is 5. The van der Waals surface area contributed by atoms with Gasteiger partial charge in [0.15, 0.2) is 0 Å². The van der Waals surface area contributed by atoms with Crippen LogP contribution in [-0.4, -0.2) is 56.9 Å². The fraction of sp³-hybridized carbons (Fsp3) is 0.368. The van der Waals surface area contributed by atoms with E-state index >= 15 is 0 Å². The monoisotopic (exact) mass is 388 g/mol. The molecule has 1 aromatic heterocycles. The molecule has 1 fully saturated rings. The average Bonchev–Trinajstić information content (AvgIpc) is 2.69. The van der Waals surface area contributed by atoms with Gasteiger partial charge in [-0.25, -0.2) is 18.1 Å². The summed E-state index contributed by atoms with van der Waals surface area (Å²) < 4.78 is 27.3. The number of anilines is 1. The lowest BCUT2D eigenvalue weighted by molar-refractivity contribution is -0.130. The number of aryl methyl sites for hydroxylation is 2. The number of carbonyl (C=O) groups is 1. The maximum absolute atomic E-state index is 12.4. The Balaban J connectivity index is 1.54. The van der Waals surface area contributed by atoms with E-state index in [1.165, 1.54) is 0 Å². The number of sulfonamides is 1. The fourth-order valence-corrected chi connectivity index (χ4v) is 4.02. The van der Waals surface area contributed by atoms with Gasteiger partial charge in [-0.15, -0.1) is 0 Å². The Kier molecular flexibility index (Phi) is 5.76. The number of rotatable bonds is 5. The minimum Gasteiger partial charge on any atom is -0.353 e. The number of hydrogen-bond donors (Lipinski definition) is 1. The molecule has 2 heterocycles. The molecule has 2 aromatic rings. The van der Waals surface area contributed by atoms with Gasteiger partial charge >= 0.3 is 0 Å². The minimum atomic E-state index is -3.70. The molecule has 7 nitrogen and oxygen atoms in total. The molecule has 0 atom stereocenters. The topological polar surface area (TPSA) is 82.6 Å². The molecule has 1 aromatic carbocycles. The van der Waals surface area contributed by atoms with Gasteiger partial charge < -0.3 is 9.80 Å². The van der Waals surface area contributed by atoms with Gasteiger partial charge in [0.2, 0.25) is 15.9 Å². The van der Waals surface area contributed by atoms with Crippen molar-refractivity contribution in [2.24, 2.45) is 0 Å². The Morgan fingerprint density at radius 3 is 2.44 bits per heavy atom. The van der Waals surface area contributed by atoms with E-state index in [-0.39, 0.29) is 17.3 Å². The maximum Gasteiger partial charge on any atom is 0.241 e. The zero-order valence-electron chi connectivity index (χ0n) is 15.6.